The Hall–Kier alpha value is -3.42. The second-order valence-corrected chi connectivity index (χ2v) is 5.79. The zero-order valence-corrected chi connectivity index (χ0v) is 13.2. The SMILES string of the molecule is O=C(Nc1ccc(NC(=O)C2CC2)nc1)c1cn[nH]c1-c1ccco1. The van der Waals surface area contributed by atoms with E-state index in [9.17, 15) is 9.59 Å². The number of carbonyl (C=O) groups is 2. The minimum atomic E-state index is -0.336. The van der Waals surface area contributed by atoms with Crippen molar-refractivity contribution >= 4 is 23.3 Å². The van der Waals surface area contributed by atoms with Crippen molar-refractivity contribution in [2.45, 2.75) is 12.8 Å². The number of hydrogen-bond acceptors (Lipinski definition) is 5. The highest BCUT2D eigenvalue weighted by atomic mass is 16.3. The molecule has 25 heavy (non-hydrogen) atoms. The lowest BCUT2D eigenvalue weighted by molar-refractivity contribution is -0.117. The highest BCUT2D eigenvalue weighted by Gasteiger charge is 2.29. The number of furan rings is 1. The van der Waals surface area contributed by atoms with Crippen molar-refractivity contribution in [3.63, 3.8) is 0 Å². The van der Waals surface area contributed by atoms with Crippen LogP contribution in [0.1, 0.15) is 23.2 Å². The van der Waals surface area contributed by atoms with Crippen LogP contribution in [0.25, 0.3) is 11.5 Å². The number of H-pyrrole nitrogens is 1. The Bertz CT molecular complexity index is 895. The number of rotatable bonds is 5. The lowest BCUT2D eigenvalue weighted by Crippen LogP contribution is -2.15. The molecule has 8 nitrogen and oxygen atoms in total. The zero-order valence-electron chi connectivity index (χ0n) is 13.2. The van der Waals surface area contributed by atoms with E-state index in [1.165, 1.54) is 18.7 Å². The zero-order chi connectivity index (χ0) is 17.2. The molecule has 4 rings (SSSR count). The predicted molar refractivity (Wildman–Crippen MR) is 89.8 cm³/mol. The molecule has 0 bridgehead atoms. The number of carbonyl (C=O) groups excluding carboxylic acids is 2. The third-order valence-electron chi connectivity index (χ3n) is 3.87. The van der Waals surface area contributed by atoms with Crippen LogP contribution in [-0.4, -0.2) is 27.0 Å². The Morgan fingerprint density at radius 3 is 2.72 bits per heavy atom. The van der Waals surface area contributed by atoms with Crippen molar-refractivity contribution in [2.75, 3.05) is 10.6 Å². The monoisotopic (exact) mass is 337 g/mol. The van der Waals surface area contributed by atoms with Crippen LogP contribution >= 0.6 is 0 Å². The third kappa shape index (κ3) is 3.27. The molecular formula is C17H15N5O3. The number of hydrogen-bond donors (Lipinski definition) is 3. The summed E-state index contributed by atoms with van der Waals surface area (Å²) in [6.45, 7) is 0. The number of aromatic nitrogens is 3. The summed E-state index contributed by atoms with van der Waals surface area (Å²) in [7, 11) is 0. The van der Waals surface area contributed by atoms with Crippen LogP contribution < -0.4 is 10.6 Å². The van der Waals surface area contributed by atoms with Gasteiger partial charge in [-0.2, -0.15) is 5.10 Å². The van der Waals surface area contributed by atoms with Gasteiger partial charge in [0.1, 0.15) is 11.5 Å². The molecule has 0 saturated heterocycles. The van der Waals surface area contributed by atoms with E-state index in [4.69, 9.17) is 4.42 Å². The smallest absolute Gasteiger partial charge is 0.259 e. The lowest BCUT2D eigenvalue weighted by Gasteiger charge is -2.07. The number of aromatic amines is 1. The van der Waals surface area contributed by atoms with E-state index < -0.39 is 0 Å². The van der Waals surface area contributed by atoms with Crippen LogP contribution in [-0.2, 0) is 4.79 Å². The fraction of sp³-hybridized carbons (Fsp3) is 0.176. The van der Waals surface area contributed by atoms with E-state index in [-0.39, 0.29) is 17.7 Å². The maximum Gasteiger partial charge on any atom is 0.259 e. The molecule has 3 aromatic heterocycles. The maximum absolute atomic E-state index is 12.4. The molecule has 0 aliphatic heterocycles. The summed E-state index contributed by atoms with van der Waals surface area (Å²) in [5.41, 5.74) is 1.38. The number of anilines is 2. The highest BCUT2D eigenvalue weighted by molar-refractivity contribution is 6.07. The van der Waals surface area contributed by atoms with Crippen LogP contribution in [0.4, 0.5) is 11.5 Å². The Kier molecular flexibility index (Phi) is 3.77. The molecule has 1 aliphatic rings. The first-order chi connectivity index (χ1) is 12.2. The van der Waals surface area contributed by atoms with E-state index in [2.05, 4.69) is 25.8 Å². The van der Waals surface area contributed by atoms with Crippen LogP contribution in [0.15, 0.2) is 47.3 Å². The summed E-state index contributed by atoms with van der Waals surface area (Å²) < 4.78 is 5.29. The molecule has 3 heterocycles. The van der Waals surface area contributed by atoms with E-state index >= 15 is 0 Å². The van der Waals surface area contributed by atoms with Crippen molar-refractivity contribution in [3.8, 4) is 11.5 Å². The number of nitrogens with zero attached hydrogens (tertiary/aromatic N) is 2. The van der Waals surface area contributed by atoms with Gasteiger partial charge in [0.2, 0.25) is 5.91 Å². The molecule has 0 atom stereocenters. The Balaban J connectivity index is 1.44. The standard InChI is InChI=1S/C17H15N5O3/c23-16(10-3-4-10)21-14-6-5-11(8-18-14)20-17(24)12-9-19-22-15(12)13-2-1-7-25-13/h1-2,5-10H,3-4H2,(H,19,22)(H,20,24)(H,18,21,23). The molecule has 3 N–H and O–H groups in total. The van der Waals surface area contributed by atoms with E-state index in [0.29, 0.717) is 28.5 Å². The summed E-state index contributed by atoms with van der Waals surface area (Å²) in [4.78, 5) is 28.3. The first kappa shape index (κ1) is 15.1. The molecule has 3 aromatic rings. The van der Waals surface area contributed by atoms with E-state index in [0.717, 1.165) is 12.8 Å². The fourth-order valence-electron chi connectivity index (χ4n) is 2.38. The summed E-state index contributed by atoms with van der Waals surface area (Å²) in [5.74, 6) is 0.762. The van der Waals surface area contributed by atoms with Gasteiger partial charge >= 0.3 is 0 Å². The molecular weight excluding hydrogens is 322 g/mol. The third-order valence-corrected chi connectivity index (χ3v) is 3.87. The van der Waals surface area contributed by atoms with Gasteiger partial charge in [-0.1, -0.05) is 0 Å². The van der Waals surface area contributed by atoms with Gasteiger partial charge in [-0.15, -0.1) is 0 Å². The van der Waals surface area contributed by atoms with E-state index in [1.807, 2.05) is 0 Å². The lowest BCUT2D eigenvalue weighted by atomic mass is 10.2. The van der Waals surface area contributed by atoms with Crippen molar-refractivity contribution < 1.29 is 14.0 Å². The van der Waals surface area contributed by atoms with Gasteiger partial charge in [0.05, 0.1) is 29.9 Å². The second-order valence-electron chi connectivity index (χ2n) is 5.79. The van der Waals surface area contributed by atoms with Gasteiger partial charge in [0.15, 0.2) is 5.76 Å². The maximum atomic E-state index is 12.4. The summed E-state index contributed by atoms with van der Waals surface area (Å²) in [6, 6.07) is 6.80. The van der Waals surface area contributed by atoms with Gasteiger partial charge in [-0.05, 0) is 37.1 Å². The highest BCUT2D eigenvalue weighted by Crippen LogP contribution is 2.30. The van der Waals surface area contributed by atoms with Gasteiger partial charge in [-0.3, -0.25) is 14.7 Å². The fourth-order valence-corrected chi connectivity index (χ4v) is 2.38. The van der Waals surface area contributed by atoms with Crippen LogP contribution in [0.5, 0.6) is 0 Å². The topological polar surface area (TPSA) is 113 Å². The molecule has 1 saturated carbocycles. The number of amides is 2. The predicted octanol–water partition coefficient (Wildman–Crippen LogP) is 2.67. The quantitative estimate of drug-likeness (QED) is 0.662. The largest absolute Gasteiger partial charge is 0.463 e. The van der Waals surface area contributed by atoms with Crippen LogP contribution in [0, 0.1) is 5.92 Å². The molecule has 126 valence electrons. The molecule has 1 aliphatic carbocycles. The normalized spacial score (nSPS) is 13.4. The van der Waals surface area contributed by atoms with E-state index in [1.54, 1.807) is 24.3 Å². The molecule has 1 fully saturated rings. The molecule has 0 aromatic carbocycles. The molecule has 8 heteroatoms. The Morgan fingerprint density at radius 2 is 2.04 bits per heavy atom. The van der Waals surface area contributed by atoms with Crippen molar-refractivity contribution in [2.24, 2.45) is 5.92 Å². The molecule has 0 radical (unpaired) electrons. The first-order valence-corrected chi connectivity index (χ1v) is 7.86. The second kappa shape index (κ2) is 6.23. The first-order valence-electron chi connectivity index (χ1n) is 7.86. The van der Waals surface area contributed by atoms with Crippen molar-refractivity contribution in [3.05, 3.63) is 48.5 Å². The summed E-state index contributed by atoms with van der Waals surface area (Å²) >= 11 is 0. The van der Waals surface area contributed by atoms with Crippen molar-refractivity contribution in [1.29, 1.82) is 0 Å². The average Bonchev–Trinajstić information content (AvgIpc) is 3.11. The average molecular weight is 337 g/mol. The molecule has 2 amide bonds. The number of pyridine rings is 1. The van der Waals surface area contributed by atoms with Gasteiger partial charge in [0, 0.05) is 5.92 Å². The van der Waals surface area contributed by atoms with Gasteiger partial charge in [-0.25, -0.2) is 4.98 Å². The van der Waals surface area contributed by atoms with Crippen LogP contribution in [0.2, 0.25) is 0 Å². The molecule has 0 unspecified atom stereocenters. The van der Waals surface area contributed by atoms with Gasteiger partial charge in [0.25, 0.3) is 5.91 Å². The Morgan fingerprint density at radius 1 is 1.16 bits per heavy atom. The van der Waals surface area contributed by atoms with Crippen molar-refractivity contribution in [1.82, 2.24) is 15.2 Å². The summed E-state index contributed by atoms with van der Waals surface area (Å²) in [5, 5.41) is 12.2. The number of nitrogens with one attached hydrogen (secondary N) is 3. The Labute approximate surface area is 142 Å². The van der Waals surface area contributed by atoms with Gasteiger partial charge < -0.3 is 15.1 Å². The molecule has 0 spiro atoms. The summed E-state index contributed by atoms with van der Waals surface area (Å²) in [6.07, 6.45) is 6.32. The minimum absolute atomic E-state index is 0.00854. The minimum Gasteiger partial charge on any atom is -0.463 e. The van der Waals surface area contributed by atoms with Crippen LogP contribution in [0.3, 0.4) is 0 Å².